The zero-order valence-corrected chi connectivity index (χ0v) is 40.5. The first-order valence-corrected chi connectivity index (χ1v) is 23.7. The van der Waals surface area contributed by atoms with Crippen LogP contribution >= 0.6 is 0 Å². The largest absolute Gasteiger partial charge is 0.464 e. The van der Waals surface area contributed by atoms with E-state index in [1.54, 1.807) is 27.2 Å². The fourth-order valence-corrected chi connectivity index (χ4v) is 10.0. The van der Waals surface area contributed by atoms with Gasteiger partial charge in [-0.2, -0.15) is 0 Å². The van der Waals surface area contributed by atoms with Crippen molar-refractivity contribution < 1.29 is 42.9 Å². The number of fused-ring (bicyclic) bond motifs is 6. The molecule has 3 N–H and O–H groups in total. The van der Waals surface area contributed by atoms with Crippen LogP contribution in [0, 0.1) is 11.3 Å². The second-order valence-electron chi connectivity index (χ2n) is 19.5. The predicted molar refractivity (Wildman–Crippen MR) is 256 cm³/mol. The summed E-state index contributed by atoms with van der Waals surface area (Å²) in [7, 11) is 3.10. The minimum Gasteiger partial charge on any atom is -0.464 e. The quantitative estimate of drug-likeness (QED) is 0.125. The minimum absolute atomic E-state index is 0.0663. The number of esters is 1. The molecule has 3 aliphatic heterocycles. The van der Waals surface area contributed by atoms with Gasteiger partial charge in [0, 0.05) is 80.8 Å². The molecule has 4 amide bonds. The zero-order valence-electron chi connectivity index (χ0n) is 40.5. The molecule has 4 aromatic rings. The average molecular weight is 936 g/mol. The van der Waals surface area contributed by atoms with Crippen LogP contribution in [0.3, 0.4) is 0 Å². The number of nitrogens with one attached hydrogen (secondary N) is 2. The summed E-state index contributed by atoms with van der Waals surface area (Å²) in [5.74, 6) is -3.34. The molecular weight excluding hydrogens is 870 g/mol. The molecule has 2 fully saturated rings. The second kappa shape index (κ2) is 20.7. The highest BCUT2D eigenvalue weighted by Gasteiger charge is 2.48. The number of likely N-dealkylation sites (N-methyl/N-ethyl adjacent to an activating group) is 1. The van der Waals surface area contributed by atoms with Crippen LogP contribution < -0.4 is 10.7 Å². The molecule has 3 aliphatic rings. The van der Waals surface area contributed by atoms with Gasteiger partial charge in [-0.15, -0.1) is 0 Å². The van der Waals surface area contributed by atoms with Crippen molar-refractivity contribution in [2.24, 2.45) is 11.3 Å². The van der Waals surface area contributed by atoms with Crippen molar-refractivity contribution in [2.45, 2.75) is 110 Å². The lowest BCUT2D eigenvalue weighted by Gasteiger charge is -2.37. The highest BCUT2D eigenvalue weighted by molar-refractivity contribution is 5.97. The molecular formula is C52H66FN7O8. The number of cyclic esters (lactones) is 1. The Bertz CT molecular complexity index is 2570. The summed E-state index contributed by atoms with van der Waals surface area (Å²) in [4.78, 5) is 77.1. The van der Waals surface area contributed by atoms with Crippen LogP contribution in [0.15, 0.2) is 72.9 Å². The smallest absolute Gasteiger partial charge is 0.324 e. The number of aryl methyl sites for hydroxylation is 1. The number of benzene rings is 2. The number of carbonyl (C=O) groups is 5. The van der Waals surface area contributed by atoms with Gasteiger partial charge in [-0.1, -0.05) is 58.0 Å². The number of methoxy groups -OCH3 is 1. The van der Waals surface area contributed by atoms with E-state index in [4.69, 9.17) is 14.5 Å². The fraction of sp³-hybridized carbons (Fsp3) is 0.500. The number of aromatic nitrogens is 2. The van der Waals surface area contributed by atoms with E-state index in [1.165, 1.54) is 21.9 Å². The van der Waals surface area contributed by atoms with Crippen molar-refractivity contribution in [3.05, 3.63) is 89.8 Å². The van der Waals surface area contributed by atoms with Crippen LogP contribution in [0.2, 0.25) is 0 Å². The topological polar surface area (TPSA) is 176 Å². The van der Waals surface area contributed by atoms with Gasteiger partial charge in [-0.05, 0) is 91.6 Å². The molecule has 2 aromatic heterocycles. The fourth-order valence-electron chi connectivity index (χ4n) is 10.0. The lowest BCUT2D eigenvalue weighted by molar-refractivity contribution is -0.156. The van der Waals surface area contributed by atoms with Gasteiger partial charge in [0.05, 0.1) is 30.6 Å². The van der Waals surface area contributed by atoms with Crippen LogP contribution in [-0.4, -0.2) is 130 Å². The third kappa shape index (κ3) is 10.4. The molecule has 7 rings (SSSR count). The number of halogens is 1. The Morgan fingerprint density at radius 2 is 1.85 bits per heavy atom. The second-order valence-corrected chi connectivity index (χ2v) is 19.5. The molecule has 16 heteroatoms. The molecule has 5 atom stereocenters. The van der Waals surface area contributed by atoms with Gasteiger partial charge >= 0.3 is 5.97 Å². The Morgan fingerprint density at radius 1 is 1.09 bits per heavy atom. The number of likely N-dealkylation sites (tertiary alicyclic amines) is 1. The third-order valence-electron chi connectivity index (χ3n) is 13.6. The molecule has 364 valence electrons. The maximum atomic E-state index is 14.7. The highest BCUT2D eigenvalue weighted by atomic mass is 19.1. The molecule has 2 saturated heterocycles. The Morgan fingerprint density at radius 3 is 2.57 bits per heavy atom. The van der Waals surface area contributed by atoms with E-state index >= 15 is 0 Å². The maximum Gasteiger partial charge on any atom is 0.324 e. The lowest BCUT2D eigenvalue weighted by Crippen LogP contribution is -2.63. The van der Waals surface area contributed by atoms with Crippen molar-refractivity contribution in [3.8, 4) is 22.4 Å². The summed E-state index contributed by atoms with van der Waals surface area (Å²) < 4.78 is 27.0. The Hall–Kier alpha value is -5.97. The molecule has 0 aliphatic carbocycles. The van der Waals surface area contributed by atoms with E-state index in [-0.39, 0.29) is 45.2 Å². The standard InChI is InChI=1S/C52H66FN7O8/c1-9-59-42-20-19-36-28-38(42)39(46(59)37-16-12-23-54-44(37)33(4)67-8)29-51(5,6)31-68-49(64)40-17-13-24-60(56-40)48(63)41(27-34-14-10-15-35(36)26-34)55-47(62)45(32(2)3)57(7)50(65)52(66)21-25-58(30-52)43(61)18-11-22-53/h10-12,14-16,18-20,23,26,28,32-33,40-41,45,56,66H,9,13,17,21-22,24-25,27,29-31H2,1-8H3,(H,55,62)/b18-11+/t33-,40-,41-,45-,52?/m0/s1. The number of ether oxygens (including phenoxy) is 2. The lowest BCUT2D eigenvalue weighted by atomic mass is 9.84. The summed E-state index contributed by atoms with van der Waals surface area (Å²) in [5, 5.41) is 16.9. The van der Waals surface area contributed by atoms with Gasteiger partial charge in [0.1, 0.15) is 24.8 Å². The van der Waals surface area contributed by atoms with Gasteiger partial charge in [0.2, 0.25) is 11.8 Å². The summed E-state index contributed by atoms with van der Waals surface area (Å²) in [6, 6.07) is 15.2. The first kappa shape index (κ1) is 49.9. The zero-order chi connectivity index (χ0) is 49.1. The Kier molecular flexibility index (Phi) is 15.2. The number of allylic oxidation sites excluding steroid dienone is 1. The maximum absolute atomic E-state index is 14.7. The summed E-state index contributed by atoms with van der Waals surface area (Å²) in [6.45, 7) is 11.8. The minimum atomic E-state index is -1.98. The summed E-state index contributed by atoms with van der Waals surface area (Å²) in [6.07, 6.45) is 5.12. The number of nitrogens with zero attached hydrogens (tertiary/aromatic N) is 5. The first-order chi connectivity index (χ1) is 32.4. The summed E-state index contributed by atoms with van der Waals surface area (Å²) >= 11 is 0. The van der Waals surface area contributed by atoms with Crippen molar-refractivity contribution in [2.75, 3.05) is 47.1 Å². The van der Waals surface area contributed by atoms with Crippen LogP contribution in [0.5, 0.6) is 0 Å². The number of rotatable bonds is 11. The predicted octanol–water partition coefficient (Wildman–Crippen LogP) is 5.72. The van der Waals surface area contributed by atoms with Crippen molar-refractivity contribution >= 4 is 40.5 Å². The number of pyridine rings is 1. The summed E-state index contributed by atoms with van der Waals surface area (Å²) in [5.41, 5.74) is 8.15. The average Bonchev–Trinajstić information content (AvgIpc) is 3.88. The van der Waals surface area contributed by atoms with Gasteiger partial charge in [0.25, 0.3) is 11.8 Å². The van der Waals surface area contributed by atoms with E-state index < -0.39 is 71.3 Å². The monoisotopic (exact) mass is 935 g/mol. The van der Waals surface area contributed by atoms with Crippen LogP contribution in [0.1, 0.15) is 83.7 Å². The molecule has 6 bridgehead atoms. The molecule has 68 heavy (non-hydrogen) atoms. The first-order valence-electron chi connectivity index (χ1n) is 23.7. The molecule has 5 heterocycles. The third-order valence-corrected chi connectivity index (χ3v) is 13.6. The van der Waals surface area contributed by atoms with Crippen LogP contribution in [0.25, 0.3) is 33.3 Å². The van der Waals surface area contributed by atoms with Gasteiger partial charge in [-0.3, -0.25) is 34.0 Å². The number of hydrogen-bond acceptors (Lipinski definition) is 10. The number of aliphatic hydroxyl groups is 1. The van der Waals surface area contributed by atoms with Crippen molar-refractivity contribution in [1.29, 1.82) is 0 Å². The van der Waals surface area contributed by atoms with Crippen molar-refractivity contribution in [1.82, 2.24) is 35.1 Å². The molecule has 1 unspecified atom stereocenters. The molecule has 0 radical (unpaired) electrons. The molecule has 0 spiro atoms. The molecule has 15 nitrogen and oxygen atoms in total. The van der Waals surface area contributed by atoms with E-state index in [1.807, 2.05) is 37.3 Å². The van der Waals surface area contributed by atoms with Gasteiger partial charge in [-0.25, -0.2) is 9.82 Å². The van der Waals surface area contributed by atoms with E-state index in [2.05, 4.69) is 60.3 Å². The van der Waals surface area contributed by atoms with Gasteiger partial charge < -0.3 is 34.3 Å². The van der Waals surface area contributed by atoms with Crippen LogP contribution in [0.4, 0.5) is 4.39 Å². The number of amides is 4. The Balaban J connectivity index is 1.27. The van der Waals surface area contributed by atoms with E-state index in [0.29, 0.717) is 25.8 Å². The SMILES string of the molecule is CCn1c(-c2cccnc2[C@H](C)OC)c2c3cc(ccc31)-c1cccc(c1)C[C@H](NC(=O)[C@H](C(C)C)N(C)C(=O)C1(O)CCN(C(=O)/C=C/CF)C1)C(=O)N1CCC[C@H](N1)C(=O)OCC(C)(C)C2. The highest BCUT2D eigenvalue weighted by Crippen LogP contribution is 2.42. The normalized spacial score (nSPS) is 22.0. The van der Waals surface area contributed by atoms with Crippen molar-refractivity contribution in [3.63, 3.8) is 0 Å². The number of hydrogen-bond donors (Lipinski definition) is 3. The number of alkyl halides is 1. The Labute approximate surface area is 398 Å². The number of hydrazine groups is 1. The van der Waals surface area contributed by atoms with E-state index in [0.717, 1.165) is 62.3 Å². The number of carbonyl (C=O) groups excluding carboxylic acids is 5. The molecule has 0 saturated carbocycles. The molecule has 2 aromatic carbocycles. The van der Waals surface area contributed by atoms with Crippen LogP contribution in [-0.2, 0) is 52.8 Å². The van der Waals surface area contributed by atoms with Gasteiger partial charge in [0.15, 0.2) is 5.60 Å². The number of β-amino-alcohol motifs (C(OH)–C–C–N with tert-alkyl or cyclic N) is 1. The van der Waals surface area contributed by atoms with E-state index in [9.17, 15) is 33.5 Å².